The van der Waals surface area contributed by atoms with Crippen molar-refractivity contribution in [2.24, 2.45) is 0 Å². The Hall–Kier alpha value is -14.6. The Kier molecular flexibility index (Phi) is 14.3. The minimum Gasteiger partial charge on any atom is -0.454 e. The molecule has 0 fully saturated rings. The molecule has 2 heterocycles. The van der Waals surface area contributed by atoms with Crippen molar-refractivity contribution in [2.45, 2.75) is 16.2 Å². The molecular weight excluding hydrogens is 1350 g/mol. The van der Waals surface area contributed by atoms with Gasteiger partial charge < -0.3 is 20.4 Å². The highest BCUT2D eigenvalue weighted by atomic mass is 16.3. The van der Waals surface area contributed by atoms with Gasteiger partial charge in [-0.1, -0.05) is 303 Å². The van der Waals surface area contributed by atoms with Gasteiger partial charge in [0.25, 0.3) is 0 Å². The summed E-state index contributed by atoms with van der Waals surface area (Å²) in [5.74, 6) is 0. The van der Waals surface area contributed by atoms with Crippen LogP contribution in [-0.4, -0.2) is 4.98 Å². The van der Waals surface area contributed by atoms with Crippen molar-refractivity contribution in [1.82, 2.24) is 4.98 Å². The number of nitrogens with zero attached hydrogens (tertiary/aromatic N) is 2. The van der Waals surface area contributed by atoms with Crippen molar-refractivity contribution in [3.05, 3.63) is 461 Å². The Morgan fingerprint density at radius 2 is 0.568 bits per heavy atom. The van der Waals surface area contributed by atoms with E-state index in [4.69, 9.17) is 9.68 Å². The molecular formula is C105H67N5O. The number of hydrogen-bond donors (Lipinski definition) is 3. The fraction of sp³-hybridized carbons (Fsp3) is 0.0286. The zero-order chi connectivity index (χ0) is 73.4. The maximum absolute atomic E-state index is 9.16. The van der Waals surface area contributed by atoms with Gasteiger partial charge in [0.15, 0.2) is 5.58 Å². The lowest BCUT2D eigenvalue weighted by molar-refractivity contribution is 0.670. The molecule has 2 aromatic heterocycles. The normalized spacial score (nSPS) is 13.6. The van der Waals surface area contributed by atoms with E-state index in [0.717, 1.165) is 67.2 Å². The smallest absolute Gasteiger partial charge is 0.158 e. The lowest BCUT2D eigenvalue weighted by Gasteiger charge is -2.30. The molecule has 6 aliphatic rings. The molecule has 16 aromatic carbocycles. The Morgan fingerprint density at radius 1 is 0.252 bits per heavy atom. The van der Waals surface area contributed by atoms with Crippen molar-refractivity contribution in [2.75, 3.05) is 16.0 Å². The van der Waals surface area contributed by atoms with Gasteiger partial charge in [-0.3, -0.25) is 4.98 Å². The van der Waals surface area contributed by atoms with Crippen LogP contribution in [0.3, 0.4) is 0 Å². The van der Waals surface area contributed by atoms with Gasteiger partial charge in [-0.05, 0) is 201 Å². The first kappa shape index (κ1) is 63.6. The Balaban J connectivity index is 0.000000103. The molecule has 0 bridgehead atoms. The van der Waals surface area contributed by atoms with E-state index in [-0.39, 0.29) is 16.2 Å². The predicted octanol–water partition coefficient (Wildman–Crippen LogP) is 26.2. The van der Waals surface area contributed by atoms with E-state index in [1.54, 1.807) is 6.20 Å². The summed E-state index contributed by atoms with van der Waals surface area (Å²) in [5.41, 5.74) is 41.7. The summed E-state index contributed by atoms with van der Waals surface area (Å²) < 4.78 is 6.37. The first-order valence-corrected chi connectivity index (χ1v) is 38.0. The molecule has 0 unspecified atom stereocenters. The first-order chi connectivity index (χ1) is 55.0. The summed E-state index contributed by atoms with van der Waals surface area (Å²) in [4.78, 5) is 4.26. The number of furan rings is 1. The number of nitrogens with one attached hydrogen (secondary N) is 3. The lowest BCUT2D eigenvalue weighted by atomic mass is 9.70. The highest BCUT2D eigenvalue weighted by molar-refractivity contribution is 6.10. The number of pyridine rings is 1. The van der Waals surface area contributed by atoms with E-state index < -0.39 is 0 Å². The molecule has 0 aliphatic heterocycles. The SMILES string of the molecule is N#Cc1ccc(Nc2cccc3c2-c2ccccc2C32c3ccccc3-c3ccccc32)cc1.c1ccc2c(c1)-c1ccccc1C21c2ccccc2-c2c(Nc3cccc4c3oc3ccccc34)cccc21.c1cncc(-c2ccc(Nc3cccc4c3-c3ccccc3C43c4ccccc4-c4ccccc43)cc2)c1. The summed E-state index contributed by atoms with van der Waals surface area (Å²) in [7, 11) is 0. The minimum atomic E-state index is -0.345. The highest BCUT2D eigenvalue weighted by Crippen LogP contribution is 2.68. The number of para-hydroxylation sites is 2. The maximum Gasteiger partial charge on any atom is 0.158 e. The third kappa shape index (κ3) is 9.15. The number of benzene rings is 16. The second-order valence-electron chi connectivity index (χ2n) is 29.5. The molecule has 0 radical (unpaired) electrons. The summed E-state index contributed by atoms with van der Waals surface area (Å²) in [6, 6.07) is 137. The van der Waals surface area contributed by atoms with Crippen molar-refractivity contribution in [1.29, 1.82) is 5.26 Å². The third-order valence-electron chi connectivity index (χ3n) is 24.2. The lowest BCUT2D eigenvalue weighted by Crippen LogP contribution is -2.25. The van der Waals surface area contributed by atoms with Gasteiger partial charge >= 0.3 is 0 Å². The third-order valence-corrected chi connectivity index (χ3v) is 24.2. The van der Waals surface area contributed by atoms with Crippen molar-refractivity contribution in [3.8, 4) is 84.0 Å². The molecule has 0 saturated carbocycles. The fourth-order valence-corrected chi connectivity index (χ4v) is 20.0. The van der Waals surface area contributed by atoms with E-state index in [0.29, 0.717) is 5.56 Å². The average molecular weight is 1410 g/mol. The van der Waals surface area contributed by atoms with Crippen LogP contribution in [0.1, 0.15) is 72.3 Å². The largest absolute Gasteiger partial charge is 0.454 e. The molecule has 24 rings (SSSR count). The number of rotatable bonds is 7. The number of aromatic nitrogens is 1. The highest BCUT2D eigenvalue weighted by Gasteiger charge is 2.55. The minimum absolute atomic E-state index is 0.318. The van der Waals surface area contributed by atoms with Crippen molar-refractivity contribution < 1.29 is 4.42 Å². The van der Waals surface area contributed by atoms with E-state index in [1.165, 1.54) is 134 Å². The van der Waals surface area contributed by atoms with Crippen LogP contribution in [0.2, 0.25) is 0 Å². The second-order valence-corrected chi connectivity index (χ2v) is 29.5. The Bertz CT molecular complexity index is 6760. The van der Waals surface area contributed by atoms with Gasteiger partial charge in [0.1, 0.15) is 5.58 Å². The van der Waals surface area contributed by atoms with Gasteiger partial charge in [-0.2, -0.15) is 5.26 Å². The molecule has 111 heavy (non-hydrogen) atoms. The molecule has 6 heteroatoms. The molecule has 3 spiro atoms. The summed E-state index contributed by atoms with van der Waals surface area (Å²) in [6.07, 6.45) is 3.71. The van der Waals surface area contributed by atoms with Crippen molar-refractivity contribution in [3.63, 3.8) is 0 Å². The number of fused-ring (bicyclic) bond motifs is 33. The maximum atomic E-state index is 9.16. The van der Waals surface area contributed by atoms with Gasteiger partial charge in [0.05, 0.1) is 33.6 Å². The number of nitriles is 1. The molecule has 0 atom stereocenters. The zero-order valence-electron chi connectivity index (χ0n) is 60.3. The van der Waals surface area contributed by atoms with Gasteiger partial charge in [-0.15, -0.1) is 0 Å². The molecule has 6 nitrogen and oxygen atoms in total. The van der Waals surface area contributed by atoms with Gasteiger partial charge in [0.2, 0.25) is 0 Å². The monoisotopic (exact) mass is 1410 g/mol. The number of hydrogen-bond acceptors (Lipinski definition) is 6. The first-order valence-electron chi connectivity index (χ1n) is 38.0. The summed E-state index contributed by atoms with van der Waals surface area (Å²) in [6.45, 7) is 0. The van der Waals surface area contributed by atoms with E-state index in [9.17, 15) is 0 Å². The summed E-state index contributed by atoms with van der Waals surface area (Å²) >= 11 is 0. The topological polar surface area (TPSA) is 85.9 Å². The quantitative estimate of drug-likeness (QED) is 0.147. The molecule has 3 N–H and O–H groups in total. The van der Waals surface area contributed by atoms with Crippen LogP contribution in [0.4, 0.5) is 34.1 Å². The van der Waals surface area contributed by atoms with Crippen LogP contribution in [0.5, 0.6) is 0 Å². The molecule has 0 saturated heterocycles. The Morgan fingerprint density at radius 3 is 0.955 bits per heavy atom. The van der Waals surface area contributed by atoms with Crippen LogP contribution in [0.25, 0.3) is 99.8 Å². The standard InChI is InChI=1S/C37H23NO.C36H24N2.C32H20N2/c1-5-16-28-23(11-1)24-12-2-6-17-29(24)37(28)30-18-7-3-14-27(30)35-31(37)19-10-20-32(35)38-33-21-9-15-26-25-13-4-8-22-34(25)39-36(26)33;1-4-13-30-27(10-1)28-11-2-5-14-31(28)36(30)32-15-6-3-12-29(32)35-33(36)16-7-17-34(35)38-26-20-18-24(19-21-26)25-9-8-22-37-23-25;33-20-21-16-18-22(19-17-21)34-30-15-7-14-29-31(30)25-10-3-6-13-28(25)32(29)26-11-4-1-8-23(26)24-9-2-5-12-27(24)32/h1-22,38H;1-23,38H;1-19,34H. The summed E-state index contributed by atoms with van der Waals surface area (Å²) in [5, 5.41) is 22.6. The van der Waals surface area contributed by atoms with Crippen LogP contribution < -0.4 is 16.0 Å². The average Bonchev–Trinajstić information content (AvgIpc) is 1.52. The van der Waals surface area contributed by atoms with E-state index >= 15 is 0 Å². The molecule has 518 valence electrons. The van der Waals surface area contributed by atoms with E-state index in [2.05, 4.69) is 361 Å². The number of anilines is 6. The fourth-order valence-electron chi connectivity index (χ4n) is 20.0. The van der Waals surface area contributed by atoms with Crippen LogP contribution in [0, 0.1) is 11.3 Å². The van der Waals surface area contributed by atoms with Crippen molar-refractivity contribution >= 4 is 56.1 Å². The Labute approximate surface area is 643 Å². The van der Waals surface area contributed by atoms with Crippen LogP contribution in [-0.2, 0) is 16.2 Å². The van der Waals surface area contributed by atoms with E-state index in [1.807, 2.05) is 48.7 Å². The van der Waals surface area contributed by atoms with Crippen LogP contribution >= 0.6 is 0 Å². The zero-order valence-corrected chi connectivity index (χ0v) is 60.3. The van der Waals surface area contributed by atoms with Crippen LogP contribution in [0.15, 0.2) is 393 Å². The predicted molar refractivity (Wildman–Crippen MR) is 453 cm³/mol. The second kappa shape index (κ2) is 25.0. The molecule has 6 aliphatic carbocycles. The van der Waals surface area contributed by atoms with Gasteiger partial charge in [0, 0.05) is 68.3 Å². The van der Waals surface area contributed by atoms with Gasteiger partial charge in [-0.25, -0.2) is 0 Å². The molecule has 0 amide bonds. The molecule has 18 aromatic rings.